The summed E-state index contributed by atoms with van der Waals surface area (Å²) in [5.41, 5.74) is 0.0209. The summed E-state index contributed by atoms with van der Waals surface area (Å²) < 4.78 is 19.0. The van der Waals surface area contributed by atoms with Gasteiger partial charge in [0.2, 0.25) is 5.82 Å². The molecule has 1 N–H and O–H groups in total. The van der Waals surface area contributed by atoms with Gasteiger partial charge in [0.25, 0.3) is 0 Å². The van der Waals surface area contributed by atoms with Crippen molar-refractivity contribution in [2.45, 2.75) is 32.0 Å². The maximum Gasteiger partial charge on any atom is 0.304 e. The molecule has 1 aromatic carbocycles. The number of benzene rings is 1. The average Bonchev–Trinajstić information content (AvgIpc) is 2.72. The zero-order valence-corrected chi connectivity index (χ0v) is 10.1. The van der Waals surface area contributed by atoms with E-state index in [9.17, 15) is 14.5 Å². The fraction of sp³-hybridized carbons (Fsp3) is 0.500. The second-order valence-corrected chi connectivity index (χ2v) is 4.45. The van der Waals surface area contributed by atoms with Crippen molar-refractivity contribution in [1.82, 2.24) is 0 Å². The summed E-state index contributed by atoms with van der Waals surface area (Å²) in [5, 5.41) is 13.5. The number of nitrogens with zero attached hydrogens (tertiary/aromatic N) is 1. The number of ether oxygens (including phenoxy) is 1. The molecule has 98 valence electrons. The summed E-state index contributed by atoms with van der Waals surface area (Å²) in [5.74, 6) is -0.828. The molecule has 0 amide bonds. The van der Waals surface area contributed by atoms with Crippen LogP contribution in [0.25, 0.3) is 0 Å². The van der Waals surface area contributed by atoms with Gasteiger partial charge in [0.05, 0.1) is 17.1 Å². The third-order valence-electron chi connectivity index (χ3n) is 3.00. The molecule has 18 heavy (non-hydrogen) atoms. The Kier molecular flexibility index (Phi) is 3.76. The molecule has 1 aliphatic heterocycles. The molecular weight excluding hydrogens is 239 g/mol. The summed E-state index contributed by atoms with van der Waals surface area (Å²) in [7, 11) is 0. The smallest absolute Gasteiger partial charge is 0.304 e. The van der Waals surface area contributed by atoms with Gasteiger partial charge < -0.3 is 10.1 Å². The number of hydrogen-bond donors (Lipinski definition) is 1. The highest BCUT2D eigenvalue weighted by Crippen LogP contribution is 2.22. The Bertz CT molecular complexity index is 453. The Balaban J connectivity index is 1.94. The normalized spacial score (nSPS) is 23.0. The lowest BCUT2D eigenvalue weighted by molar-refractivity contribution is -0.387. The second kappa shape index (κ2) is 5.30. The van der Waals surface area contributed by atoms with Crippen LogP contribution >= 0.6 is 0 Å². The minimum Gasteiger partial charge on any atom is -0.382 e. The standard InChI is InChI=1S/C12H15FN2O3/c1-8-2-4-10(18-8)7-14-9-3-5-12(15(16)17)11(13)6-9/h3,5-6,8,10,14H,2,4,7H2,1H3. The predicted molar refractivity (Wildman–Crippen MR) is 65.1 cm³/mol. The van der Waals surface area contributed by atoms with Gasteiger partial charge in [0, 0.05) is 24.4 Å². The van der Waals surface area contributed by atoms with Crippen molar-refractivity contribution >= 4 is 11.4 Å². The summed E-state index contributed by atoms with van der Waals surface area (Å²) in [6, 6.07) is 3.80. The third-order valence-corrected chi connectivity index (χ3v) is 3.00. The highest BCUT2D eigenvalue weighted by atomic mass is 19.1. The monoisotopic (exact) mass is 254 g/mol. The van der Waals surface area contributed by atoms with Crippen molar-refractivity contribution in [1.29, 1.82) is 0 Å². The van der Waals surface area contributed by atoms with Crippen LogP contribution in [0.2, 0.25) is 0 Å². The molecule has 0 bridgehead atoms. The molecule has 0 spiro atoms. The van der Waals surface area contributed by atoms with Crippen LogP contribution in [-0.4, -0.2) is 23.7 Å². The van der Waals surface area contributed by atoms with E-state index in [0.717, 1.165) is 25.0 Å². The van der Waals surface area contributed by atoms with Crippen molar-refractivity contribution in [2.75, 3.05) is 11.9 Å². The number of nitro groups is 1. The number of anilines is 1. The fourth-order valence-electron chi connectivity index (χ4n) is 2.03. The molecule has 2 rings (SSSR count). The molecule has 1 heterocycles. The molecule has 6 heteroatoms. The van der Waals surface area contributed by atoms with Gasteiger partial charge in [-0.2, -0.15) is 4.39 Å². The molecule has 1 saturated heterocycles. The van der Waals surface area contributed by atoms with Crippen LogP contribution < -0.4 is 5.32 Å². The molecule has 0 aromatic heterocycles. The van der Waals surface area contributed by atoms with E-state index in [4.69, 9.17) is 4.74 Å². The molecule has 2 atom stereocenters. The lowest BCUT2D eigenvalue weighted by atomic mass is 10.2. The number of nitrogens with one attached hydrogen (secondary N) is 1. The molecule has 1 aromatic rings. The second-order valence-electron chi connectivity index (χ2n) is 4.45. The first-order valence-electron chi connectivity index (χ1n) is 5.89. The molecule has 5 nitrogen and oxygen atoms in total. The summed E-state index contributed by atoms with van der Waals surface area (Å²) in [6.07, 6.45) is 2.40. The molecule has 0 saturated carbocycles. The van der Waals surface area contributed by atoms with Crippen LogP contribution in [0.3, 0.4) is 0 Å². The van der Waals surface area contributed by atoms with E-state index in [-0.39, 0.29) is 12.2 Å². The van der Waals surface area contributed by atoms with Crippen LogP contribution in [0.15, 0.2) is 18.2 Å². The van der Waals surface area contributed by atoms with Gasteiger partial charge in [-0.25, -0.2) is 0 Å². The van der Waals surface area contributed by atoms with E-state index < -0.39 is 16.4 Å². The lowest BCUT2D eigenvalue weighted by Gasteiger charge is -2.13. The topological polar surface area (TPSA) is 64.4 Å². The highest BCUT2D eigenvalue weighted by Gasteiger charge is 2.21. The van der Waals surface area contributed by atoms with Crippen molar-refractivity contribution in [2.24, 2.45) is 0 Å². The number of nitro benzene ring substituents is 1. The SMILES string of the molecule is CC1CCC(CNc2ccc([N+](=O)[O-])c(F)c2)O1. The molecule has 1 aliphatic rings. The summed E-state index contributed by atoms with van der Waals surface area (Å²) in [6.45, 7) is 2.60. The van der Waals surface area contributed by atoms with Crippen LogP contribution in [-0.2, 0) is 4.74 Å². The minimum absolute atomic E-state index is 0.123. The fourth-order valence-corrected chi connectivity index (χ4v) is 2.03. The largest absolute Gasteiger partial charge is 0.382 e. The van der Waals surface area contributed by atoms with Gasteiger partial charge >= 0.3 is 5.69 Å². The Hall–Kier alpha value is -1.69. The molecule has 1 fully saturated rings. The van der Waals surface area contributed by atoms with E-state index in [1.807, 2.05) is 6.92 Å². The highest BCUT2D eigenvalue weighted by molar-refractivity contribution is 5.49. The van der Waals surface area contributed by atoms with Crippen LogP contribution in [0.4, 0.5) is 15.8 Å². The first-order valence-corrected chi connectivity index (χ1v) is 5.89. The maximum absolute atomic E-state index is 13.4. The first-order chi connectivity index (χ1) is 8.56. The van der Waals surface area contributed by atoms with E-state index >= 15 is 0 Å². The zero-order valence-electron chi connectivity index (χ0n) is 10.1. The number of rotatable bonds is 4. The quantitative estimate of drug-likeness (QED) is 0.662. The molecule has 0 radical (unpaired) electrons. The molecular formula is C12H15FN2O3. The van der Waals surface area contributed by atoms with Gasteiger partial charge in [-0.3, -0.25) is 10.1 Å². The van der Waals surface area contributed by atoms with Crippen molar-refractivity contribution in [3.8, 4) is 0 Å². The maximum atomic E-state index is 13.4. The molecule has 2 unspecified atom stereocenters. The van der Waals surface area contributed by atoms with Crippen LogP contribution in [0.1, 0.15) is 19.8 Å². The Morgan fingerprint density at radius 1 is 1.56 bits per heavy atom. The Morgan fingerprint density at radius 2 is 2.33 bits per heavy atom. The van der Waals surface area contributed by atoms with Gasteiger partial charge in [-0.15, -0.1) is 0 Å². The number of hydrogen-bond acceptors (Lipinski definition) is 4. The van der Waals surface area contributed by atoms with Gasteiger partial charge in [-0.05, 0) is 25.8 Å². The Labute approximate surface area is 104 Å². The van der Waals surface area contributed by atoms with Crippen molar-refractivity contribution < 1.29 is 14.1 Å². The number of halogens is 1. The zero-order chi connectivity index (χ0) is 13.1. The van der Waals surface area contributed by atoms with Gasteiger partial charge in [0.15, 0.2) is 0 Å². The van der Waals surface area contributed by atoms with Crippen molar-refractivity contribution in [3.63, 3.8) is 0 Å². The van der Waals surface area contributed by atoms with Gasteiger partial charge in [-0.1, -0.05) is 0 Å². The Morgan fingerprint density at radius 3 is 2.89 bits per heavy atom. The van der Waals surface area contributed by atoms with E-state index in [1.165, 1.54) is 6.07 Å². The van der Waals surface area contributed by atoms with Gasteiger partial charge in [0.1, 0.15) is 0 Å². The minimum atomic E-state index is -0.828. The summed E-state index contributed by atoms with van der Waals surface area (Å²) in [4.78, 5) is 9.73. The van der Waals surface area contributed by atoms with E-state index in [2.05, 4.69) is 5.32 Å². The third kappa shape index (κ3) is 2.95. The van der Waals surface area contributed by atoms with E-state index in [0.29, 0.717) is 12.2 Å². The summed E-state index contributed by atoms with van der Waals surface area (Å²) >= 11 is 0. The predicted octanol–water partition coefficient (Wildman–Crippen LogP) is 2.71. The molecule has 0 aliphatic carbocycles. The van der Waals surface area contributed by atoms with Crippen LogP contribution in [0.5, 0.6) is 0 Å². The van der Waals surface area contributed by atoms with Crippen molar-refractivity contribution in [3.05, 3.63) is 34.1 Å². The first kappa shape index (κ1) is 12.8. The average molecular weight is 254 g/mol. The lowest BCUT2D eigenvalue weighted by Crippen LogP contribution is -2.19. The van der Waals surface area contributed by atoms with Crippen LogP contribution in [0, 0.1) is 15.9 Å². The van der Waals surface area contributed by atoms with E-state index in [1.54, 1.807) is 0 Å².